The molecule has 3 N–H and O–H groups in total. The van der Waals surface area contributed by atoms with E-state index in [4.69, 9.17) is 5.11 Å². The van der Waals surface area contributed by atoms with Crippen LogP contribution in [0.2, 0.25) is 0 Å². The molecular weight excluding hydrogens is 248 g/mol. The number of amides is 1. The lowest BCUT2D eigenvalue weighted by Gasteiger charge is -2.14. The number of halogens is 2. The molecule has 0 radical (unpaired) electrons. The lowest BCUT2D eigenvalue weighted by Crippen LogP contribution is -2.41. The zero-order chi connectivity index (χ0) is 13.9. The summed E-state index contributed by atoms with van der Waals surface area (Å²) in [7, 11) is 0. The van der Waals surface area contributed by atoms with Gasteiger partial charge in [0, 0.05) is 6.07 Å². The molecule has 5 nitrogen and oxygen atoms in total. The van der Waals surface area contributed by atoms with Crippen LogP contribution in [-0.4, -0.2) is 28.1 Å². The predicted octanol–water partition coefficient (Wildman–Crippen LogP) is 0.587. The third kappa shape index (κ3) is 3.49. The fourth-order valence-corrected chi connectivity index (χ4v) is 1.24. The standard InChI is InChI=1S/C11H11F2NO4/c1-5(11(17)18)14-10(16)9(15)6-2-7(12)4-8(13)3-6/h2-5,9,15H,1H3,(H,14,16)(H,17,18)/t5-,9?/m1/s1. The molecule has 0 fully saturated rings. The predicted molar refractivity (Wildman–Crippen MR) is 56.6 cm³/mol. The van der Waals surface area contributed by atoms with Crippen molar-refractivity contribution in [3.8, 4) is 0 Å². The number of aliphatic hydroxyl groups excluding tert-OH is 1. The highest BCUT2D eigenvalue weighted by atomic mass is 19.1. The van der Waals surface area contributed by atoms with Crippen LogP contribution in [0.15, 0.2) is 18.2 Å². The minimum Gasteiger partial charge on any atom is -0.480 e. The van der Waals surface area contributed by atoms with Crippen molar-refractivity contribution < 1.29 is 28.6 Å². The summed E-state index contributed by atoms with van der Waals surface area (Å²) < 4.78 is 25.7. The van der Waals surface area contributed by atoms with Gasteiger partial charge in [0.1, 0.15) is 17.7 Å². The lowest BCUT2D eigenvalue weighted by atomic mass is 10.1. The van der Waals surface area contributed by atoms with E-state index in [1.165, 1.54) is 6.92 Å². The Bertz CT molecular complexity index is 458. The van der Waals surface area contributed by atoms with Gasteiger partial charge in [-0.3, -0.25) is 9.59 Å². The molecule has 0 heterocycles. The average molecular weight is 259 g/mol. The molecule has 1 rings (SSSR count). The zero-order valence-electron chi connectivity index (χ0n) is 9.35. The summed E-state index contributed by atoms with van der Waals surface area (Å²) in [6.07, 6.45) is -1.84. The molecule has 0 aromatic heterocycles. The number of benzene rings is 1. The zero-order valence-corrected chi connectivity index (χ0v) is 9.35. The number of rotatable bonds is 4. The summed E-state index contributed by atoms with van der Waals surface area (Å²) in [5, 5.41) is 20.1. The second-order valence-electron chi connectivity index (χ2n) is 3.67. The van der Waals surface area contributed by atoms with E-state index in [1.807, 2.05) is 5.32 Å². The highest BCUT2D eigenvalue weighted by Crippen LogP contribution is 2.16. The molecule has 0 aliphatic heterocycles. The number of carbonyl (C=O) groups excluding carboxylic acids is 1. The molecule has 0 aliphatic rings. The van der Waals surface area contributed by atoms with Gasteiger partial charge in [0.25, 0.3) is 5.91 Å². The first kappa shape index (κ1) is 14.0. The first-order chi connectivity index (χ1) is 8.31. The van der Waals surface area contributed by atoms with E-state index in [9.17, 15) is 23.5 Å². The van der Waals surface area contributed by atoms with E-state index in [0.29, 0.717) is 6.07 Å². The third-order valence-electron chi connectivity index (χ3n) is 2.18. The fraction of sp³-hybridized carbons (Fsp3) is 0.273. The normalized spacial score (nSPS) is 13.8. The van der Waals surface area contributed by atoms with Crippen molar-refractivity contribution in [2.45, 2.75) is 19.1 Å². The molecule has 1 aromatic rings. The van der Waals surface area contributed by atoms with Crippen LogP contribution in [0.3, 0.4) is 0 Å². The van der Waals surface area contributed by atoms with Crippen LogP contribution in [0, 0.1) is 11.6 Å². The van der Waals surface area contributed by atoms with Crippen LogP contribution in [0.25, 0.3) is 0 Å². The number of carboxylic acid groups (broad SMARTS) is 1. The molecule has 7 heteroatoms. The first-order valence-electron chi connectivity index (χ1n) is 4.98. The van der Waals surface area contributed by atoms with Crippen LogP contribution in [-0.2, 0) is 9.59 Å². The van der Waals surface area contributed by atoms with Gasteiger partial charge < -0.3 is 15.5 Å². The number of carbonyl (C=O) groups is 2. The molecule has 0 saturated carbocycles. The molecule has 1 unspecified atom stereocenters. The maximum atomic E-state index is 12.9. The minimum atomic E-state index is -1.84. The second-order valence-corrected chi connectivity index (χ2v) is 3.67. The number of hydrogen-bond donors (Lipinski definition) is 3. The van der Waals surface area contributed by atoms with Gasteiger partial charge in [-0.15, -0.1) is 0 Å². The molecule has 0 saturated heterocycles. The van der Waals surface area contributed by atoms with Crippen LogP contribution in [0.5, 0.6) is 0 Å². The number of nitrogens with one attached hydrogen (secondary N) is 1. The van der Waals surface area contributed by atoms with E-state index >= 15 is 0 Å². The van der Waals surface area contributed by atoms with E-state index < -0.39 is 35.7 Å². The van der Waals surface area contributed by atoms with Crippen LogP contribution < -0.4 is 5.32 Å². The Morgan fingerprint density at radius 1 is 1.22 bits per heavy atom. The van der Waals surface area contributed by atoms with Crippen LogP contribution in [0.4, 0.5) is 8.78 Å². The Morgan fingerprint density at radius 3 is 2.17 bits per heavy atom. The highest BCUT2D eigenvalue weighted by molar-refractivity contribution is 5.86. The van der Waals surface area contributed by atoms with E-state index in [2.05, 4.69) is 0 Å². The molecule has 0 spiro atoms. The molecular formula is C11H11F2NO4. The quantitative estimate of drug-likeness (QED) is 0.738. The Kier molecular flexibility index (Phi) is 4.33. The highest BCUT2D eigenvalue weighted by Gasteiger charge is 2.22. The van der Waals surface area contributed by atoms with Gasteiger partial charge in [-0.25, -0.2) is 8.78 Å². The summed E-state index contributed by atoms with van der Waals surface area (Å²) in [6.45, 7) is 1.19. The van der Waals surface area contributed by atoms with Crippen LogP contribution >= 0.6 is 0 Å². The van der Waals surface area contributed by atoms with Gasteiger partial charge in [0.15, 0.2) is 6.10 Å². The first-order valence-corrected chi connectivity index (χ1v) is 4.98. The largest absolute Gasteiger partial charge is 0.480 e. The smallest absolute Gasteiger partial charge is 0.325 e. The molecule has 1 amide bonds. The van der Waals surface area contributed by atoms with Gasteiger partial charge in [-0.2, -0.15) is 0 Å². The van der Waals surface area contributed by atoms with Crippen molar-refractivity contribution in [1.29, 1.82) is 0 Å². The Balaban J connectivity index is 2.83. The van der Waals surface area contributed by atoms with Crippen LogP contribution in [0.1, 0.15) is 18.6 Å². The topological polar surface area (TPSA) is 86.6 Å². The third-order valence-corrected chi connectivity index (χ3v) is 2.18. The molecule has 1 aromatic carbocycles. The Labute approximate surface area is 101 Å². The summed E-state index contributed by atoms with van der Waals surface area (Å²) in [6, 6.07) is 0.955. The summed E-state index contributed by atoms with van der Waals surface area (Å²) in [5.74, 6) is -4.22. The average Bonchev–Trinajstić information content (AvgIpc) is 2.26. The van der Waals surface area contributed by atoms with E-state index in [-0.39, 0.29) is 5.56 Å². The Morgan fingerprint density at radius 2 is 1.72 bits per heavy atom. The van der Waals surface area contributed by atoms with E-state index in [0.717, 1.165) is 12.1 Å². The maximum absolute atomic E-state index is 12.9. The monoisotopic (exact) mass is 259 g/mol. The Hall–Kier alpha value is -2.02. The van der Waals surface area contributed by atoms with Crippen molar-refractivity contribution in [3.05, 3.63) is 35.4 Å². The van der Waals surface area contributed by atoms with Gasteiger partial charge >= 0.3 is 5.97 Å². The summed E-state index contributed by atoms with van der Waals surface area (Å²) in [4.78, 5) is 21.9. The van der Waals surface area contributed by atoms with Gasteiger partial charge in [-0.1, -0.05) is 0 Å². The number of aliphatic carboxylic acids is 1. The van der Waals surface area contributed by atoms with Gasteiger partial charge in [-0.05, 0) is 24.6 Å². The maximum Gasteiger partial charge on any atom is 0.325 e. The summed E-state index contributed by atoms with van der Waals surface area (Å²) in [5.41, 5.74) is -0.289. The van der Waals surface area contributed by atoms with Crippen molar-refractivity contribution in [2.75, 3.05) is 0 Å². The van der Waals surface area contributed by atoms with Crippen molar-refractivity contribution >= 4 is 11.9 Å². The number of aliphatic hydroxyl groups is 1. The van der Waals surface area contributed by atoms with Gasteiger partial charge in [0.2, 0.25) is 0 Å². The number of hydrogen-bond acceptors (Lipinski definition) is 3. The molecule has 98 valence electrons. The van der Waals surface area contributed by atoms with E-state index in [1.54, 1.807) is 0 Å². The fourth-order valence-electron chi connectivity index (χ4n) is 1.24. The SMILES string of the molecule is C[C@@H](NC(=O)C(O)c1cc(F)cc(F)c1)C(=O)O. The molecule has 0 aliphatic carbocycles. The van der Waals surface area contributed by atoms with Crippen molar-refractivity contribution in [3.63, 3.8) is 0 Å². The second kappa shape index (κ2) is 5.54. The van der Waals surface area contributed by atoms with Crippen molar-refractivity contribution in [1.82, 2.24) is 5.32 Å². The minimum absolute atomic E-state index is 0.289. The molecule has 0 bridgehead atoms. The van der Waals surface area contributed by atoms with Crippen molar-refractivity contribution in [2.24, 2.45) is 0 Å². The molecule has 18 heavy (non-hydrogen) atoms. The molecule has 2 atom stereocenters. The van der Waals surface area contributed by atoms with Gasteiger partial charge in [0.05, 0.1) is 0 Å². The summed E-state index contributed by atoms with van der Waals surface area (Å²) >= 11 is 0. The number of carboxylic acids is 1. The lowest BCUT2D eigenvalue weighted by molar-refractivity contribution is -0.142.